The van der Waals surface area contributed by atoms with E-state index in [2.05, 4.69) is 26.5 Å². The second-order valence-corrected chi connectivity index (χ2v) is 6.05. The number of nitrogens with zero attached hydrogens (tertiary/aromatic N) is 1. The molecule has 24 heavy (non-hydrogen) atoms. The van der Waals surface area contributed by atoms with Gasteiger partial charge in [-0.05, 0) is 46.1 Å². The first-order valence-electron chi connectivity index (χ1n) is 7.32. The van der Waals surface area contributed by atoms with Gasteiger partial charge in [0.2, 0.25) is 5.91 Å². The number of hydrogen-bond donors (Lipinski definition) is 1. The van der Waals surface area contributed by atoms with Crippen molar-refractivity contribution in [3.05, 3.63) is 57.6 Å². The molecule has 1 amide bonds. The van der Waals surface area contributed by atoms with Gasteiger partial charge in [-0.25, -0.2) is 5.43 Å². The van der Waals surface area contributed by atoms with Gasteiger partial charge in [0.15, 0.2) is 11.5 Å². The molecule has 0 saturated carbocycles. The van der Waals surface area contributed by atoms with E-state index in [0.29, 0.717) is 11.5 Å². The Morgan fingerprint density at radius 1 is 1.21 bits per heavy atom. The average molecular weight is 391 g/mol. The molecule has 2 aromatic carbocycles. The molecule has 0 fully saturated rings. The maximum Gasteiger partial charge on any atom is 0.244 e. The van der Waals surface area contributed by atoms with E-state index in [1.54, 1.807) is 26.5 Å². The average Bonchev–Trinajstić information content (AvgIpc) is 2.56. The smallest absolute Gasteiger partial charge is 0.244 e. The summed E-state index contributed by atoms with van der Waals surface area (Å²) in [4.78, 5) is 11.9. The zero-order valence-corrected chi connectivity index (χ0v) is 15.4. The van der Waals surface area contributed by atoms with Gasteiger partial charge in [0, 0.05) is 0 Å². The van der Waals surface area contributed by atoms with Gasteiger partial charge in [-0.3, -0.25) is 4.79 Å². The summed E-state index contributed by atoms with van der Waals surface area (Å²) < 4.78 is 11.3. The molecular formula is C18H19BrN2O3. The molecule has 0 bridgehead atoms. The topological polar surface area (TPSA) is 59.9 Å². The molecule has 0 unspecified atom stereocenters. The van der Waals surface area contributed by atoms with Gasteiger partial charge in [0.25, 0.3) is 0 Å². The van der Waals surface area contributed by atoms with Crippen molar-refractivity contribution in [3.63, 3.8) is 0 Å². The molecule has 6 heteroatoms. The van der Waals surface area contributed by atoms with Crippen LogP contribution in [0.3, 0.4) is 0 Å². The summed E-state index contributed by atoms with van der Waals surface area (Å²) in [5.41, 5.74) is 5.41. The van der Waals surface area contributed by atoms with E-state index in [-0.39, 0.29) is 12.3 Å². The van der Waals surface area contributed by atoms with Gasteiger partial charge >= 0.3 is 0 Å². The summed E-state index contributed by atoms with van der Waals surface area (Å²) in [7, 11) is 3.14. The molecule has 0 aliphatic carbocycles. The molecule has 5 nitrogen and oxygen atoms in total. The highest BCUT2D eigenvalue weighted by Crippen LogP contribution is 2.35. The second kappa shape index (κ2) is 8.49. The van der Waals surface area contributed by atoms with E-state index in [4.69, 9.17) is 9.47 Å². The molecule has 0 atom stereocenters. The van der Waals surface area contributed by atoms with E-state index in [0.717, 1.165) is 21.2 Å². The maximum absolute atomic E-state index is 11.9. The number of hydrazone groups is 1. The van der Waals surface area contributed by atoms with Gasteiger partial charge in [0.05, 0.1) is 31.3 Å². The summed E-state index contributed by atoms with van der Waals surface area (Å²) in [6.07, 6.45) is 1.84. The molecule has 2 rings (SSSR count). The van der Waals surface area contributed by atoms with E-state index in [1.807, 2.05) is 37.3 Å². The van der Waals surface area contributed by atoms with Crippen LogP contribution in [0.1, 0.15) is 16.7 Å². The number of methoxy groups -OCH3 is 2. The van der Waals surface area contributed by atoms with Crippen LogP contribution in [0.4, 0.5) is 0 Å². The Hall–Kier alpha value is -2.34. The zero-order chi connectivity index (χ0) is 17.5. The normalized spacial score (nSPS) is 10.7. The van der Waals surface area contributed by atoms with Gasteiger partial charge < -0.3 is 9.47 Å². The fourth-order valence-corrected chi connectivity index (χ4v) is 2.74. The number of carbonyl (C=O) groups is 1. The molecule has 0 aliphatic rings. The monoisotopic (exact) mass is 390 g/mol. The first-order chi connectivity index (χ1) is 11.5. The van der Waals surface area contributed by atoms with Crippen molar-refractivity contribution < 1.29 is 14.3 Å². The Labute approximate surface area is 149 Å². The zero-order valence-electron chi connectivity index (χ0n) is 13.8. The molecule has 126 valence electrons. The molecule has 0 heterocycles. The molecule has 0 spiro atoms. The molecule has 1 N–H and O–H groups in total. The van der Waals surface area contributed by atoms with Gasteiger partial charge in [0.1, 0.15) is 0 Å². The van der Waals surface area contributed by atoms with Crippen LogP contribution in [-0.4, -0.2) is 26.3 Å². The van der Waals surface area contributed by atoms with Crippen molar-refractivity contribution in [2.75, 3.05) is 14.2 Å². The minimum atomic E-state index is -0.172. The lowest BCUT2D eigenvalue weighted by Gasteiger charge is -2.10. The first-order valence-corrected chi connectivity index (χ1v) is 8.11. The molecule has 0 saturated heterocycles. The summed E-state index contributed by atoms with van der Waals surface area (Å²) in [6, 6.07) is 11.4. The maximum atomic E-state index is 11.9. The number of benzene rings is 2. The van der Waals surface area contributed by atoms with Crippen LogP contribution in [0.15, 0.2) is 46.0 Å². The lowest BCUT2D eigenvalue weighted by atomic mass is 10.1. The summed E-state index contributed by atoms with van der Waals surface area (Å²) >= 11 is 3.42. The highest BCUT2D eigenvalue weighted by atomic mass is 79.9. The van der Waals surface area contributed by atoms with Crippen LogP contribution < -0.4 is 14.9 Å². The highest BCUT2D eigenvalue weighted by Gasteiger charge is 2.09. The molecule has 0 aliphatic heterocycles. The summed E-state index contributed by atoms with van der Waals surface area (Å²) in [6.45, 7) is 2.01. The highest BCUT2D eigenvalue weighted by molar-refractivity contribution is 9.10. The number of aryl methyl sites for hydroxylation is 1. The number of carbonyl (C=O) groups excluding carboxylic acids is 1. The number of nitrogens with one attached hydrogen (secondary N) is 1. The van der Waals surface area contributed by atoms with E-state index in [9.17, 15) is 4.79 Å². The van der Waals surface area contributed by atoms with Crippen LogP contribution in [0.25, 0.3) is 0 Å². The van der Waals surface area contributed by atoms with Crippen molar-refractivity contribution in [3.8, 4) is 11.5 Å². The minimum absolute atomic E-state index is 0.172. The molecule has 2 aromatic rings. The van der Waals surface area contributed by atoms with Crippen molar-refractivity contribution in [2.45, 2.75) is 13.3 Å². The Bertz CT molecular complexity index is 743. The molecule has 0 radical (unpaired) electrons. The third-order valence-electron chi connectivity index (χ3n) is 3.34. The number of halogens is 1. The standard InChI is InChI=1S/C18H19BrN2O3/c1-12-4-6-13(7-5-12)10-17(22)21-20-11-14-8-15(19)18(24-3)16(9-14)23-2/h4-9,11H,10H2,1-3H3,(H,21,22)/b20-11+. The molecule has 0 aromatic heterocycles. The number of ether oxygens (including phenoxy) is 2. The first kappa shape index (κ1) is 18.0. The predicted octanol–water partition coefficient (Wildman–Crippen LogP) is 3.47. The van der Waals surface area contributed by atoms with E-state index in [1.165, 1.54) is 0 Å². The van der Waals surface area contributed by atoms with Crippen LogP contribution >= 0.6 is 15.9 Å². The number of rotatable bonds is 6. The second-order valence-electron chi connectivity index (χ2n) is 5.19. The van der Waals surface area contributed by atoms with Crippen molar-refractivity contribution in [1.29, 1.82) is 0 Å². The van der Waals surface area contributed by atoms with Crippen LogP contribution in [0.2, 0.25) is 0 Å². The van der Waals surface area contributed by atoms with Gasteiger partial charge in [-0.15, -0.1) is 0 Å². The van der Waals surface area contributed by atoms with Crippen molar-refractivity contribution in [2.24, 2.45) is 5.10 Å². The predicted molar refractivity (Wildman–Crippen MR) is 97.9 cm³/mol. The van der Waals surface area contributed by atoms with Crippen LogP contribution in [-0.2, 0) is 11.2 Å². The quantitative estimate of drug-likeness (QED) is 0.606. The third kappa shape index (κ3) is 4.83. The summed E-state index contributed by atoms with van der Waals surface area (Å²) in [5.74, 6) is 1.02. The van der Waals surface area contributed by atoms with Crippen molar-refractivity contribution in [1.82, 2.24) is 5.43 Å². The van der Waals surface area contributed by atoms with Gasteiger partial charge in [-0.1, -0.05) is 29.8 Å². The largest absolute Gasteiger partial charge is 0.493 e. The van der Waals surface area contributed by atoms with Gasteiger partial charge in [-0.2, -0.15) is 5.10 Å². The van der Waals surface area contributed by atoms with Crippen molar-refractivity contribution >= 4 is 28.1 Å². The third-order valence-corrected chi connectivity index (χ3v) is 3.93. The Kier molecular flexibility index (Phi) is 6.37. The Morgan fingerprint density at radius 2 is 1.92 bits per heavy atom. The van der Waals surface area contributed by atoms with Crippen LogP contribution in [0, 0.1) is 6.92 Å². The van der Waals surface area contributed by atoms with E-state index >= 15 is 0 Å². The SMILES string of the molecule is COc1cc(/C=N/NC(=O)Cc2ccc(C)cc2)cc(Br)c1OC. The molecular weight excluding hydrogens is 372 g/mol. The minimum Gasteiger partial charge on any atom is -0.493 e. The number of hydrogen-bond acceptors (Lipinski definition) is 4. The fraction of sp³-hybridized carbons (Fsp3) is 0.222. The lowest BCUT2D eigenvalue weighted by Crippen LogP contribution is -2.19. The van der Waals surface area contributed by atoms with E-state index < -0.39 is 0 Å². The Morgan fingerprint density at radius 3 is 2.54 bits per heavy atom. The summed E-state index contributed by atoms with van der Waals surface area (Å²) in [5, 5.41) is 3.99. The number of amides is 1. The Balaban J connectivity index is 1.99. The lowest BCUT2D eigenvalue weighted by molar-refractivity contribution is -0.120. The fourth-order valence-electron chi connectivity index (χ4n) is 2.12. The van der Waals surface area contributed by atoms with Crippen LogP contribution in [0.5, 0.6) is 11.5 Å².